The smallest absolute Gasteiger partial charge is 0.254 e. The third-order valence-corrected chi connectivity index (χ3v) is 7.17. The average molecular weight is 485 g/mol. The summed E-state index contributed by atoms with van der Waals surface area (Å²) in [4.78, 5) is 22.3. The largest absolute Gasteiger partial charge is 0.380 e. The molecule has 3 aromatic carbocycles. The number of anilines is 2. The van der Waals surface area contributed by atoms with Crippen molar-refractivity contribution in [2.45, 2.75) is 31.4 Å². The van der Waals surface area contributed by atoms with E-state index in [1.807, 2.05) is 60.8 Å². The predicted octanol–water partition coefficient (Wildman–Crippen LogP) is 5.55. The summed E-state index contributed by atoms with van der Waals surface area (Å²) in [6, 6.07) is 22.0. The SMILES string of the molecule is O=C(N1CCc2c(cccc2Nc2ccc(Cl)c(-c3ncc(-c4ccccc4)[nH]3)c2)C1)C1(O)CC1. The van der Waals surface area contributed by atoms with Crippen LogP contribution in [0.1, 0.15) is 24.0 Å². The van der Waals surface area contributed by atoms with Crippen molar-refractivity contribution in [1.82, 2.24) is 14.9 Å². The van der Waals surface area contributed by atoms with Crippen molar-refractivity contribution in [3.05, 3.63) is 89.1 Å². The van der Waals surface area contributed by atoms with Crippen LogP contribution in [0.25, 0.3) is 22.6 Å². The van der Waals surface area contributed by atoms with Crippen molar-refractivity contribution in [3.8, 4) is 22.6 Å². The van der Waals surface area contributed by atoms with Crippen LogP contribution in [0.4, 0.5) is 11.4 Å². The molecule has 0 saturated heterocycles. The first-order chi connectivity index (χ1) is 17.0. The lowest BCUT2D eigenvalue weighted by Gasteiger charge is -2.31. The van der Waals surface area contributed by atoms with Gasteiger partial charge in [0.2, 0.25) is 0 Å². The zero-order chi connectivity index (χ0) is 24.0. The Morgan fingerprint density at radius 3 is 2.71 bits per heavy atom. The highest BCUT2D eigenvalue weighted by atomic mass is 35.5. The van der Waals surface area contributed by atoms with Crippen molar-refractivity contribution in [2.24, 2.45) is 0 Å². The fourth-order valence-corrected chi connectivity index (χ4v) is 4.90. The first-order valence-corrected chi connectivity index (χ1v) is 12.2. The number of hydrogen-bond donors (Lipinski definition) is 3. The summed E-state index contributed by atoms with van der Waals surface area (Å²) in [6.45, 7) is 1.12. The van der Waals surface area contributed by atoms with Gasteiger partial charge in [-0.2, -0.15) is 0 Å². The number of nitrogens with zero attached hydrogens (tertiary/aromatic N) is 2. The molecule has 6 rings (SSSR count). The van der Waals surface area contributed by atoms with Gasteiger partial charge < -0.3 is 20.3 Å². The van der Waals surface area contributed by atoms with E-state index in [0.717, 1.165) is 40.2 Å². The molecule has 2 aliphatic rings. The average Bonchev–Trinajstić information content (AvgIpc) is 3.45. The fourth-order valence-electron chi connectivity index (χ4n) is 4.69. The highest BCUT2D eigenvalue weighted by Gasteiger charge is 2.50. The highest BCUT2D eigenvalue weighted by Crippen LogP contribution is 2.39. The summed E-state index contributed by atoms with van der Waals surface area (Å²) in [6.07, 6.45) is 3.69. The Labute approximate surface area is 208 Å². The molecule has 7 heteroatoms. The minimum atomic E-state index is -1.13. The molecule has 1 saturated carbocycles. The summed E-state index contributed by atoms with van der Waals surface area (Å²) in [5, 5.41) is 14.4. The maximum absolute atomic E-state index is 12.6. The molecule has 35 heavy (non-hydrogen) atoms. The van der Waals surface area contributed by atoms with Gasteiger partial charge in [0.15, 0.2) is 0 Å². The van der Waals surface area contributed by atoms with Gasteiger partial charge in [0, 0.05) is 30.0 Å². The molecule has 1 aliphatic heterocycles. The second-order valence-electron chi connectivity index (χ2n) is 9.28. The molecule has 0 radical (unpaired) electrons. The van der Waals surface area contributed by atoms with Gasteiger partial charge in [0.1, 0.15) is 11.4 Å². The van der Waals surface area contributed by atoms with Crippen LogP contribution in [0.2, 0.25) is 5.02 Å². The molecule has 1 amide bonds. The molecule has 0 spiro atoms. The lowest BCUT2D eigenvalue weighted by Crippen LogP contribution is -2.43. The Kier molecular flexibility index (Phi) is 5.35. The molecule has 0 bridgehead atoms. The van der Waals surface area contributed by atoms with Gasteiger partial charge in [-0.1, -0.05) is 54.1 Å². The van der Waals surface area contributed by atoms with Crippen molar-refractivity contribution in [1.29, 1.82) is 0 Å². The molecule has 6 nitrogen and oxygen atoms in total. The van der Waals surface area contributed by atoms with Gasteiger partial charge in [-0.25, -0.2) is 4.98 Å². The van der Waals surface area contributed by atoms with Crippen LogP contribution in [-0.2, 0) is 17.8 Å². The van der Waals surface area contributed by atoms with Gasteiger partial charge >= 0.3 is 0 Å². The van der Waals surface area contributed by atoms with Crippen LogP contribution in [0.15, 0.2) is 72.9 Å². The Balaban J connectivity index is 1.25. The van der Waals surface area contributed by atoms with E-state index in [-0.39, 0.29) is 5.91 Å². The minimum absolute atomic E-state index is 0.142. The van der Waals surface area contributed by atoms with Crippen LogP contribution >= 0.6 is 11.6 Å². The van der Waals surface area contributed by atoms with Crippen molar-refractivity contribution in [3.63, 3.8) is 0 Å². The van der Waals surface area contributed by atoms with Crippen molar-refractivity contribution in [2.75, 3.05) is 11.9 Å². The van der Waals surface area contributed by atoms with Crippen LogP contribution in [0.5, 0.6) is 0 Å². The number of carbonyl (C=O) groups is 1. The second-order valence-corrected chi connectivity index (χ2v) is 9.69. The first kappa shape index (κ1) is 21.9. The molecule has 176 valence electrons. The molecular formula is C28H25ClN4O2. The van der Waals surface area contributed by atoms with Crippen LogP contribution in [0.3, 0.4) is 0 Å². The maximum Gasteiger partial charge on any atom is 0.254 e. The monoisotopic (exact) mass is 484 g/mol. The first-order valence-electron chi connectivity index (χ1n) is 11.8. The molecule has 3 N–H and O–H groups in total. The number of aliphatic hydroxyl groups is 1. The van der Waals surface area contributed by atoms with Crippen LogP contribution < -0.4 is 5.32 Å². The van der Waals surface area contributed by atoms with Gasteiger partial charge in [0.05, 0.1) is 16.9 Å². The summed E-state index contributed by atoms with van der Waals surface area (Å²) in [5.74, 6) is 0.567. The molecular weight excluding hydrogens is 460 g/mol. The van der Waals surface area contributed by atoms with E-state index in [4.69, 9.17) is 11.6 Å². The normalized spacial score (nSPS) is 16.0. The third-order valence-electron chi connectivity index (χ3n) is 6.84. The Hall–Kier alpha value is -3.61. The van der Waals surface area contributed by atoms with E-state index in [1.165, 1.54) is 5.56 Å². The molecule has 0 unspecified atom stereocenters. The number of fused-ring (bicyclic) bond motifs is 1. The number of carbonyl (C=O) groups excluding carboxylic acids is 1. The van der Waals surface area contributed by atoms with Crippen molar-refractivity contribution < 1.29 is 9.90 Å². The van der Waals surface area contributed by atoms with Gasteiger partial charge in [0.25, 0.3) is 5.91 Å². The number of hydrogen-bond acceptors (Lipinski definition) is 4. The molecule has 1 aliphatic carbocycles. The van der Waals surface area contributed by atoms with Crippen LogP contribution in [-0.4, -0.2) is 38.0 Å². The number of nitrogens with one attached hydrogen (secondary N) is 2. The third kappa shape index (κ3) is 4.20. The summed E-state index contributed by atoms with van der Waals surface area (Å²) in [7, 11) is 0. The summed E-state index contributed by atoms with van der Waals surface area (Å²) in [5.41, 5.74) is 5.90. The number of aromatic nitrogens is 2. The fraction of sp³-hybridized carbons (Fsp3) is 0.214. The van der Waals surface area contributed by atoms with E-state index >= 15 is 0 Å². The second kappa shape index (κ2) is 8.56. The quantitative estimate of drug-likeness (QED) is 0.347. The van der Waals surface area contributed by atoms with E-state index < -0.39 is 5.60 Å². The lowest BCUT2D eigenvalue weighted by atomic mass is 9.97. The number of rotatable bonds is 5. The predicted molar refractivity (Wildman–Crippen MR) is 137 cm³/mol. The van der Waals surface area contributed by atoms with Crippen LogP contribution in [0, 0.1) is 0 Å². The van der Waals surface area contributed by atoms with Crippen molar-refractivity contribution >= 4 is 28.9 Å². The standard InChI is InChI=1S/C28H25ClN4O2/c29-23-10-9-20(15-22(23)26-30-16-25(32-26)18-5-2-1-3-6-18)31-24-8-4-7-19-17-33(14-11-21(19)24)27(34)28(35)12-13-28/h1-10,15-16,31,35H,11-14,17H2,(H,30,32). The lowest BCUT2D eigenvalue weighted by molar-refractivity contribution is -0.143. The highest BCUT2D eigenvalue weighted by molar-refractivity contribution is 6.33. The summed E-state index contributed by atoms with van der Waals surface area (Å²) < 4.78 is 0. The molecule has 0 atom stereocenters. The van der Waals surface area contributed by atoms with E-state index in [9.17, 15) is 9.90 Å². The minimum Gasteiger partial charge on any atom is -0.380 e. The van der Waals surface area contributed by atoms with Gasteiger partial charge in [-0.05, 0) is 60.2 Å². The number of amides is 1. The number of benzene rings is 3. The number of imidazole rings is 1. The Morgan fingerprint density at radius 1 is 1.09 bits per heavy atom. The van der Waals surface area contributed by atoms with E-state index in [1.54, 1.807) is 4.90 Å². The molecule has 4 aromatic rings. The Morgan fingerprint density at radius 2 is 1.91 bits per heavy atom. The molecule has 1 aromatic heterocycles. The van der Waals surface area contributed by atoms with Gasteiger partial charge in [-0.15, -0.1) is 0 Å². The Bertz CT molecular complexity index is 1410. The number of H-pyrrole nitrogens is 1. The zero-order valence-corrected chi connectivity index (χ0v) is 19.8. The zero-order valence-electron chi connectivity index (χ0n) is 19.1. The topological polar surface area (TPSA) is 81.2 Å². The van der Waals surface area contributed by atoms with Gasteiger partial charge in [-0.3, -0.25) is 4.79 Å². The van der Waals surface area contributed by atoms with E-state index in [2.05, 4.69) is 27.4 Å². The summed E-state index contributed by atoms with van der Waals surface area (Å²) >= 11 is 6.55. The molecule has 1 fully saturated rings. The number of aromatic amines is 1. The van der Waals surface area contributed by atoms with E-state index in [0.29, 0.717) is 36.8 Å². The molecule has 2 heterocycles. The number of halogens is 1. The maximum atomic E-state index is 12.6.